The molecule has 2 rings (SSSR count). The Balaban J connectivity index is 2.10. The number of nitrogens with zero attached hydrogens (tertiary/aromatic N) is 1. The van der Waals surface area contributed by atoms with Gasteiger partial charge in [0, 0.05) is 45.3 Å². The van der Waals surface area contributed by atoms with Gasteiger partial charge in [-0.2, -0.15) is 0 Å². The molecule has 1 fully saturated rings. The molecule has 24 heavy (non-hydrogen) atoms. The highest BCUT2D eigenvalue weighted by Crippen LogP contribution is 2.17. The predicted molar refractivity (Wildman–Crippen MR) is 97.1 cm³/mol. The maximum Gasteiger partial charge on any atom is 0.214 e. The molecule has 1 heterocycles. The first kappa shape index (κ1) is 19.2. The number of likely N-dealkylation sites (tertiary alicyclic amines) is 1. The third-order valence-electron chi connectivity index (χ3n) is 4.61. The van der Waals surface area contributed by atoms with Crippen LogP contribution in [-0.2, 0) is 14.8 Å². The molecule has 1 aliphatic rings. The van der Waals surface area contributed by atoms with Gasteiger partial charge in [0.15, 0.2) is 0 Å². The zero-order valence-electron chi connectivity index (χ0n) is 14.9. The molecule has 7 heteroatoms. The van der Waals surface area contributed by atoms with Crippen LogP contribution in [0.2, 0.25) is 0 Å². The fourth-order valence-electron chi connectivity index (χ4n) is 3.16. The number of anilines is 1. The van der Waals surface area contributed by atoms with Gasteiger partial charge in [0.2, 0.25) is 10.0 Å². The van der Waals surface area contributed by atoms with Gasteiger partial charge in [-0.25, -0.2) is 13.1 Å². The Morgan fingerprint density at radius 3 is 2.38 bits per heavy atom. The molecule has 1 aromatic carbocycles. The summed E-state index contributed by atoms with van der Waals surface area (Å²) in [6.45, 7) is 2.84. The highest BCUT2D eigenvalue weighted by atomic mass is 32.2. The molecule has 0 unspecified atom stereocenters. The van der Waals surface area contributed by atoms with Crippen LogP contribution in [0.5, 0.6) is 0 Å². The molecule has 2 N–H and O–H groups in total. The molecular formula is C17H30N3O3S+. The number of rotatable bonds is 9. The van der Waals surface area contributed by atoms with Gasteiger partial charge in [-0.15, -0.1) is 0 Å². The average molecular weight is 357 g/mol. The number of hydrogen-bond acceptors (Lipinski definition) is 4. The van der Waals surface area contributed by atoms with Gasteiger partial charge in [-0.1, -0.05) is 12.1 Å². The van der Waals surface area contributed by atoms with Crippen LogP contribution in [0.25, 0.3) is 0 Å². The van der Waals surface area contributed by atoms with Crippen molar-refractivity contribution in [2.45, 2.75) is 18.9 Å². The lowest BCUT2D eigenvalue weighted by molar-refractivity contribution is -0.918. The third-order valence-corrected chi connectivity index (χ3v) is 5.92. The van der Waals surface area contributed by atoms with Crippen molar-refractivity contribution in [2.24, 2.45) is 0 Å². The lowest BCUT2D eigenvalue weighted by atomic mass is 10.1. The monoisotopic (exact) mass is 356 g/mol. The molecule has 0 spiro atoms. The van der Waals surface area contributed by atoms with Crippen LogP contribution in [0.15, 0.2) is 24.3 Å². The number of nitrogens with one attached hydrogen (secondary N) is 2. The molecule has 1 atom stereocenters. The molecule has 1 aliphatic heterocycles. The second-order valence-electron chi connectivity index (χ2n) is 6.56. The van der Waals surface area contributed by atoms with E-state index in [-0.39, 0.29) is 18.4 Å². The summed E-state index contributed by atoms with van der Waals surface area (Å²) in [6.07, 6.45) is 2.41. The second kappa shape index (κ2) is 8.80. The molecule has 0 aliphatic carbocycles. The zero-order chi connectivity index (χ0) is 17.6. The molecule has 1 saturated heterocycles. The van der Waals surface area contributed by atoms with E-state index in [1.54, 1.807) is 0 Å². The topological polar surface area (TPSA) is 63.1 Å². The summed E-state index contributed by atoms with van der Waals surface area (Å²) in [5, 5.41) is 0. The van der Waals surface area contributed by atoms with Crippen molar-refractivity contribution in [1.29, 1.82) is 0 Å². The molecular weight excluding hydrogens is 326 g/mol. The molecule has 136 valence electrons. The van der Waals surface area contributed by atoms with E-state index >= 15 is 0 Å². The van der Waals surface area contributed by atoms with Crippen LogP contribution < -0.4 is 14.5 Å². The zero-order valence-corrected chi connectivity index (χ0v) is 15.7. The molecule has 0 aromatic heterocycles. The summed E-state index contributed by atoms with van der Waals surface area (Å²) in [5.41, 5.74) is 2.33. The average Bonchev–Trinajstić information content (AvgIpc) is 3.08. The smallest absolute Gasteiger partial charge is 0.214 e. The van der Waals surface area contributed by atoms with Crippen molar-refractivity contribution in [3.63, 3.8) is 0 Å². The lowest BCUT2D eigenvalue weighted by Gasteiger charge is -2.26. The number of benzene rings is 1. The van der Waals surface area contributed by atoms with Crippen molar-refractivity contribution >= 4 is 15.7 Å². The molecule has 0 saturated carbocycles. The summed E-state index contributed by atoms with van der Waals surface area (Å²) < 4.78 is 31.8. The van der Waals surface area contributed by atoms with Crippen LogP contribution >= 0.6 is 0 Å². The SMILES string of the molecule is COCCS(=O)(=O)NC[C@H](c1ccc(N(C)C)cc1)[NH+]1CCCC1. The minimum atomic E-state index is -3.29. The summed E-state index contributed by atoms with van der Waals surface area (Å²) in [7, 11) is 2.25. The number of hydrogen-bond donors (Lipinski definition) is 2. The van der Waals surface area contributed by atoms with Crippen LogP contribution in [0.3, 0.4) is 0 Å². The van der Waals surface area contributed by atoms with Crippen molar-refractivity contribution in [1.82, 2.24) is 4.72 Å². The molecule has 0 amide bonds. The molecule has 0 bridgehead atoms. The molecule has 6 nitrogen and oxygen atoms in total. The Morgan fingerprint density at radius 2 is 1.83 bits per heavy atom. The van der Waals surface area contributed by atoms with E-state index in [1.807, 2.05) is 14.1 Å². The number of quaternary nitrogens is 1. The first-order chi connectivity index (χ1) is 11.4. The lowest BCUT2D eigenvalue weighted by Crippen LogP contribution is -3.11. The Morgan fingerprint density at radius 1 is 1.21 bits per heavy atom. The highest BCUT2D eigenvalue weighted by molar-refractivity contribution is 7.89. The van der Waals surface area contributed by atoms with Gasteiger partial charge < -0.3 is 14.5 Å². The Labute approximate surface area is 145 Å². The molecule has 0 radical (unpaired) electrons. The summed E-state index contributed by atoms with van der Waals surface area (Å²) in [5.74, 6) is 0.00508. The highest BCUT2D eigenvalue weighted by Gasteiger charge is 2.28. The van der Waals surface area contributed by atoms with Gasteiger partial charge in [0.25, 0.3) is 0 Å². The van der Waals surface area contributed by atoms with Crippen LogP contribution in [0, 0.1) is 0 Å². The summed E-state index contributed by atoms with van der Waals surface area (Å²) in [6, 6.07) is 8.58. The van der Waals surface area contributed by atoms with Gasteiger partial charge in [-0.3, -0.25) is 0 Å². The van der Waals surface area contributed by atoms with Crippen LogP contribution in [-0.4, -0.2) is 61.6 Å². The fourth-order valence-corrected chi connectivity index (χ4v) is 4.11. The van der Waals surface area contributed by atoms with Crippen LogP contribution in [0.4, 0.5) is 5.69 Å². The van der Waals surface area contributed by atoms with Gasteiger partial charge in [-0.05, 0) is 12.1 Å². The first-order valence-corrected chi connectivity index (χ1v) is 10.2. The Bertz CT molecular complexity index is 596. The summed E-state index contributed by atoms with van der Waals surface area (Å²) >= 11 is 0. The Hall–Kier alpha value is -1.15. The van der Waals surface area contributed by atoms with E-state index in [0.29, 0.717) is 6.54 Å². The Kier molecular flexibility index (Phi) is 7.03. The predicted octanol–water partition coefficient (Wildman–Crippen LogP) is 0.0382. The van der Waals surface area contributed by atoms with E-state index in [1.165, 1.54) is 30.4 Å². The van der Waals surface area contributed by atoms with E-state index in [0.717, 1.165) is 18.8 Å². The maximum atomic E-state index is 12.1. The van der Waals surface area contributed by atoms with E-state index in [2.05, 4.69) is 33.9 Å². The third kappa shape index (κ3) is 5.44. The number of methoxy groups -OCH3 is 1. The first-order valence-electron chi connectivity index (χ1n) is 8.51. The van der Waals surface area contributed by atoms with Gasteiger partial charge in [0.05, 0.1) is 32.0 Å². The summed E-state index contributed by atoms with van der Waals surface area (Å²) in [4.78, 5) is 3.52. The van der Waals surface area contributed by atoms with Gasteiger partial charge in [0.1, 0.15) is 6.04 Å². The van der Waals surface area contributed by atoms with Crippen molar-refractivity contribution in [3.05, 3.63) is 29.8 Å². The minimum absolute atomic E-state index is 0.00508. The standard InChI is InChI=1S/C17H29N3O3S/c1-19(2)16-8-6-15(7-9-16)17(20-10-4-5-11-20)14-18-24(21,22)13-12-23-3/h6-9,17-18H,4-5,10-14H2,1-3H3/p+1/t17-/m1/s1. The largest absolute Gasteiger partial charge is 0.384 e. The maximum absolute atomic E-state index is 12.1. The van der Waals surface area contributed by atoms with Crippen LogP contribution in [0.1, 0.15) is 24.4 Å². The normalized spacial score (nSPS) is 17.1. The number of ether oxygens (including phenoxy) is 1. The van der Waals surface area contributed by atoms with E-state index in [9.17, 15) is 8.42 Å². The van der Waals surface area contributed by atoms with E-state index in [4.69, 9.17) is 4.74 Å². The van der Waals surface area contributed by atoms with Crippen molar-refractivity contribution in [2.75, 3.05) is 58.1 Å². The van der Waals surface area contributed by atoms with Crippen molar-refractivity contribution in [3.8, 4) is 0 Å². The molecule has 1 aromatic rings. The van der Waals surface area contributed by atoms with E-state index < -0.39 is 10.0 Å². The quantitative estimate of drug-likeness (QED) is 0.656. The minimum Gasteiger partial charge on any atom is -0.384 e. The number of sulfonamides is 1. The fraction of sp³-hybridized carbons (Fsp3) is 0.647. The van der Waals surface area contributed by atoms with Gasteiger partial charge >= 0.3 is 0 Å². The second-order valence-corrected chi connectivity index (χ2v) is 8.49. The van der Waals surface area contributed by atoms with Crippen molar-refractivity contribution < 1.29 is 18.1 Å².